The normalized spacial score (nSPS) is 28.1. The molecule has 0 radical (unpaired) electrons. The fourth-order valence-corrected chi connectivity index (χ4v) is 3.12. The first-order valence-corrected chi connectivity index (χ1v) is 10.5. The zero-order valence-electron chi connectivity index (χ0n) is 11.7. The van der Waals surface area contributed by atoms with Gasteiger partial charge in [0, 0.05) is 46.3 Å². The number of carbonyl (C=O) groups excluding carboxylic acids is 1. The smallest absolute Gasteiger partial charge is 0.409 e. The summed E-state index contributed by atoms with van der Waals surface area (Å²) >= 11 is 0. The van der Waals surface area contributed by atoms with Crippen LogP contribution >= 0.6 is 0 Å². The number of nitrogens with one attached hydrogen (secondary N) is 2. The SMILES string of the molecule is C[Si](C)(C)CCOC(=O)N1CC2CNCC(C1)N2. The van der Waals surface area contributed by atoms with Gasteiger partial charge in [-0.3, -0.25) is 0 Å². The fourth-order valence-electron chi connectivity index (χ4n) is 2.41. The predicted molar refractivity (Wildman–Crippen MR) is 74.7 cm³/mol. The minimum Gasteiger partial charge on any atom is -0.450 e. The van der Waals surface area contributed by atoms with Gasteiger partial charge in [-0.15, -0.1) is 0 Å². The van der Waals surface area contributed by atoms with Crippen molar-refractivity contribution in [3.05, 3.63) is 0 Å². The molecular formula is C12H25N3O2Si. The molecule has 0 spiro atoms. The first kappa shape index (κ1) is 13.8. The topological polar surface area (TPSA) is 53.6 Å². The maximum absolute atomic E-state index is 12.0. The molecule has 18 heavy (non-hydrogen) atoms. The molecule has 2 saturated heterocycles. The molecule has 2 atom stereocenters. The Morgan fingerprint density at radius 1 is 1.28 bits per heavy atom. The van der Waals surface area contributed by atoms with Gasteiger partial charge in [0.2, 0.25) is 0 Å². The van der Waals surface area contributed by atoms with Crippen LogP contribution in [-0.4, -0.2) is 63.9 Å². The lowest BCUT2D eigenvalue weighted by Crippen LogP contribution is -2.67. The molecule has 2 aliphatic heterocycles. The first-order chi connectivity index (χ1) is 8.44. The highest BCUT2D eigenvalue weighted by atomic mass is 28.3. The Labute approximate surface area is 110 Å². The van der Waals surface area contributed by atoms with Gasteiger partial charge < -0.3 is 20.3 Å². The molecule has 104 valence electrons. The summed E-state index contributed by atoms with van der Waals surface area (Å²) in [4.78, 5) is 13.8. The molecule has 1 amide bonds. The Kier molecular flexibility index (Phi) is 4.29. The Balaban J connectivity index is 1.75. The van der Waals surface area contributed by atoms with E-state index in [0.29, 0.717) is 18.7 Å². The summed E-state index contributed by atoms with van der Waals surface area (Å²) < 4.78 is 5.40. The molecule has 0 aromatic carbocycles. The second-order valence-electron chi connectivity index (χ2n) is 6.55. The highest BCUT2D eigenvalue weighted by Gasteiger charge is 2.32. The van der Waals surface area contributed by atoms with Gasteiger partial charge in [-0.2, -0.15) is 0 Å². The zero-order valence-corrected chi connectivity index (χ0v) is 12.7. The third kappa shape index (κ3) is 3.96. The highest BCUT2D eigenvalue weighted by molar-refractivity contribution is 6.76. The van der Waals surface area contributed by atoms with Crippen molar-refractivity contribution in [1.29, 1.82) is 0 Å². The van der Waals surface area contributed by atoms with Crippen LogP contribution in [0.1, 0.15) is 0 Å². The largest absolute Gasteiger partial charge is 0.450 e. The van der Waals surface area contributed by atoms with E-state index in [1.807, 2.05) is 4.90 Å². The number of hydrogen-bond acceptors (Lipinski definition) is 4. The zero-order chi connectivity index (χ0) is 13.2. The molecule has 6 heteroatoms. The molecule has 2 aliphatic rings. The highest BCUT2D eigenvalue weighted by Crippen LogP contribution is 2.11. The summed E-state index contributed by atoms with van der Waals surface area (Å²) in [6.07, 6.45) is -0.133. The summed E-state index contributed by atoms with van der Waals surface area (Å²) in [5.74, 6) is 0. The average molecular weight is 271 g/mol. The van der Waals surface area contributed by atoms with E-state index < -0.39 is 8.07 Å². The van der Waals surface area contributed by atoms with E-state index in [1.54, 1.807) is 0 Å². The second-order valence-corrected chi connectivity index (χ2v) is 12.2. The van der Waals surface area contributed by atoms with Gasteiger partial charge in [0.05, 0.1) is 6.61 Å². The van der Waals surface area contributed by atoms with Crippen molar-refractivity contribution < 1.29 is 9.53 Å². The van der Waals surface area contributed by atoms with Gasteiger partial charge >= 0.3 is 6.09 Å². The Hall–Kier alpha value is -0.593. The number of ether oxygens (including phenoxy) is 1. The van der Waals surface area contributed by atoms with Gasteiger partial charge in [0.15, 0.2) is 0 Å². The summed E-state index contributed by atoms with van der Waals surface area (Å²) in [7, 11) is -1.11. The molecule has 2 N–H and O–H groups in total. The van der Waals surface area contributed by atoms with Crippen LogP contribution in [0.15, 0.2) is 0 Å². The molecular weight excluding hydrogens is 246 g/mol. The van der Waals surface area contributed by atoms with Crippen LogP contribution in [0.5, 0.6) is 0 Å². The molecule has 0 saturated carbocycles. The molecule has 0 aromatic heterocycles. The monoisotopic (exact) mass is 271 g/mol. The van der Waals surface area contributed by atoms with E-state index in [0.717, 1.165) is 32.2 Å². The Bertz CT molecular complexity index is 294. The molecule has 0 aromatic rings. The summed E-state index contributed by atoms with van der Waals surface area (Å²) in [5, 5.41) is 6.89. The van der Waals surface area contributed by atoms with Gasteiger partial charge in [0.25, 0.3) is 0 Å². The van der Waals surface area contributed by atoms with E-state index in [4.69, 9.17) is 4.74 Å². The standard InChI is InChI=1S/C12H25N3O2Si/c1-18(2,3)5-4-17-12(16)15-8-10-6-13-7-11(9-15)14-10/h10-11,13-14H,4-9H2,1-3H3. The number of nitrogens with zero attached hydrogens (tertiary/aromatic N) is 1. The molecule has 2 fully saturated rings. The summed E-state index contributed by atoms with van der Waals surface area (Å²) in [6.45, 7) is 10.9. The van der Waals surface area contributed by atoms with Crippen molar-refractivity contribution in [1.82, 2.24) is 15.5 Å². The molecule has 2 unspecified atom stereocenters. The van der Waals surface area contributed by atoms with Crippen LogP contribution in [0.3, 0.4) is 0 Å². The van der Waals surface area contributed by atoms with Gasteiger partial charge in [0.1, 0.15) is 0 Å². The van der Waals surface area contributed by atoms with E-state index in [1.165, 1.54) is 0 Å². The lowest BCUT2D eigenvalue weighted by atomic mass is 10.1. The minimum atomic E-state index is -1.11. The van der Waals surface area contributed by atoms with Gasteiger partial charge in [-0.05, 0) is 6.04 Å². The average Bonchev–Trinajstić information content (AvgIpc) is 2.26. The Morgan fingerprint density at radius 2 is 1.89 bits per heavy atom. The number of piperazine rings is 2. The first-order valence-electron chi connectivity index (χ1n) is 6.82. The number of amides is 1. The Morgan fingerprint density at radius 3 is 2.44 bits per heavy atom. The third-order valence-corrected chi connectivity index (χ3v) is 5.17. The molecule has 0 aliphatic carbocycles. The molecule has 2 rings (SSSR count). The van der Waals surface area contributed by atoms with E-state index in [-0.39, 0.29) is 6.09 Å². The number of carbonyl (C=O) groups is 1. The van der Waals surface area contributed by atoms with E-state index in [9.17, 15) is 4.79 Å². The van der Waals surface area contributed by atoms with E-state index >= 15 is 0 Å². The van der Waals surface area contributed by atoms with Crippen molar-refractivity contribution in [2.75, 3.05) is 32.8 Å². The molecule has 5 nitrogen and oxygen atoms in total. The van der Waals surface area contributed by atoms with Crippen LogP contribution in [0, 0.1) is 0 Å². The minimum absolute atomic E-state index is 0.133. The van der Waals surface area contributed by atoms with Crippen LogP contribution in [0.2, 0.25) is 25.7 Å². The fraction of sp³-hybridized carbons (Fsp3) is 0.917. The predicted octanol–water partition coefficient (Wildman–Crippen LogP) is 0.707. The van der Waals surface area contributed by atoms with Crippen LogP contribution in [0.25, 0.3) is 0 Å². The van der Waals surface area contributed by atoms with Gasteiger partial charge in [-0.25, -0.2) is 4.79 Å². The quantitative estimate of drug-likeness (QED) is 0.742. The van der Waals surface area contributed by atoms with Crippen molar-refractivity contribution in [3.8, 4) is 0 Å². The van der Waals surface area contributed by atoms with Crippen LogP contribution in [-0.2, 0) is 4.74 Å². The summed E-state index contributed by atoms with van der Waals surface area (Å²) in [5.41, 5.74) is 0. The lowest BCUT2D eigenvalue weighted by Gasteiger charge is -2.42. The van der Waals surface area contributed by atoms with Crippen LogP contribution < -0.4 is 10.6 Å². The van der Waals surface area contributed by atoms with Crippen molar-refractivity contribution in [3.63, 3.8) is 0 Å². The number of hydrogen-bond donors (Lipinski definition) is 2. The molecule has 2 heterocycles. The summed E-state index contributed by atoms with van der Waals surface area (Å²) in [6, 6.07) is 1.79. The van der Waals surface area contributed by atoms with Crippen molar-refractivity contribution in [2.45, 2.75) is 37.8 Å². The van der Waals surface area contributed by atoms with Gasteiger partial charge in [-0.1, -0.05) is 19.6 Å². The van der Waals surface area contributed by atoms with Crippen molar-refractivity contribution in [2.24, 2.45) is 0 Å². The maximum Gasteiger partial charge on any atom is 0.409 e. The van der Waals surface area contributed by atoms with Crippen molar-refractivity contribution >= 4 is 14.2 Å². The number of rotatable bonds is 3. The van der Waals surface area contributed by atoms with E-state index in [2.05, 4.69) is 30.3 Å². The third-order valence-electron chi connectivity index (χ3n) is 3.47. The lowest BCUT2D eigenvalue weighted by molar-refractivity contribution is 0.0779. The second kappa shape index (κ2) is 5.58. The van der Waals surface area contributed by atoms with Crippen LogP contribution in [0.4, 0.5) is 4.79 Å². The maximum atomic E-state index is 12.0. The number of fused-ring (bicyclic) bond motifs is 2. The molecule has 2 bridgehead atoms.